The molecule has 0 saturated heterocycles. The predicted molar refractivity (Wildman–Crippen MR) is 88.6 cm³/mol. The number of aliphatic hydroxyl groups excluding tert-OH is 2. The quantitative estimate of drug-likeness (QED) is 0.722. The Balaban J connectivity index is 1.79. The van der Waals surface area contributed by atoms with Gasteiger partial charge in [0.25, 0.3) is 0 Å². The van der Waals surface area contributed by atoms with Crippen LogP contribution in [0.4, 0.5) is 0 Å². The first-order chi connectivity index (χ1) is 10.8. The fraction of sp³-hybridized carbons (Fsp3) is 0.750. The molecular formula is C20H28O3. The van der Waals surface area contributed by atoms with E-state index in [9.17, 15) is 15.0 Å². The molecule has 4 aliphatic carbocycles. The van der Waals surface area contributed by atoms with Gasteiger partial charge in [0.1, 0.15) is 0 Å². The predicted octanol–water partition coefficient (Wildman–Crippen LogP) is 2.87. The van der Waals surface area contributed by atoms with Gasteiger partial charge >= 0.3 is 0 Å². The highest BCUT2D eigenvalue weighted by Crippen LogP contribution is 2.65. The molecular weight excluding hydrogens is 288 g/mol. The third kappa shape index (κ3) is 1.93. The van der Waals surface area contributed by atoms with Crippen molar-refractivity contribution in [2.45, 2.75) is 58.7 Å². The fourth-order valence-electron chi connectivity index (χ4n) is 6.72. The van der Waals surface area contributed by atoms with Gasteiger partial charge < -0.3 is 10.2 Å². The maximum atomic E-state index is 11.9. The molecule has 2 N–H and O–H groups in total. The first kappa shape index (κ1) is 15.6. The van der Waals surface area contributed by atoms with Gasteiger partial charge in [-0.05, 0) is 61.0 Å². The monoisotopic (exact) mass is 316 g/mol. The van der Waals surface area contributed by atoms with Crippen molar-refractivity contribution in [2.75, 3.05) is 0 Å². The summed E-state index contributed by atoms with van der Waals surface area (Å²) in [6.07, 6.45) is 8.48. The Labute approximate surface area is 138 Å². The Kier molecular flexibility index (Phi) is 3.25. The zero-order valence-electron chi connectivity index (χ0n) is 14.3. The first-order valence-corrected chi connectivity index (χ1v) is 9.09. The van der Waals surface area contributed by atoms with E-state index in [0.717, 1.165) is 19.3 Å². The smallest absolute Gasteiger partial charge is 0.178 e. The Hall–Kier alpha value is -0.930. The van der Waals surface area contributed by atoms with Gasteiger partial charge in [-0.3, -0.25) is 4.79 Å². The van der Waals surface area contributed by atoms with E-state index in [2.05, 4.69) is 26.8 Å². The standard InChI is InChI=1S/C20H28O3/c1-11-8-13-14-4-5-17(23)20(14,3)10-16(22)18(13)19(2)7-6-12(21)9-15(11)19/h6-7,9,11,13-14,16-18,22-23H,4-5,8,10H2,1-3H3/t11-,13?,14?,16?,17+,18+,19?,20?/m0/s1. The van der Waals surface area contributed by atoms with Crippen molar-refractivity contribution in [3.05, 3.63) is 23.8 Å². The average molecular weight is 316 g/mol. The molecule has 3 saturated carbocycles. The number of carbonyl (C=O) groups excluding carboxylic acids is 1. The number of fused-ring (bicyclic) bond motifs is 5. The highest BCUT2D eigenvalue weighted by Gasteiger charge is 2.62. The topological polar surface area (TPSA) is 57.5 Å². The van der Waals surface area contributed by atoms with E-state index < -0.39 is 6.10 Å². The molecule has 0 aromatic carbocycles. The van der Waals surface area contributed by atoms with Crippen molar-refractivity contribution in [1.29, 1.82) is 0 Å². The van der Waals surface area contributed by atoms with Crippen molar-refractivity contribution in [1.82, 2.24) is 0 Å². The lowest BCUT2D eigenvalue weighted by Crippen LogP contribution is -2.57. The average Bonchev–Trinajstić information content (AvgIpc) is 2.76. The fourth-order valence-corrected chi connectivity index (χ4v) is 6.72. The van der Waals surface area contributed by atoms with Crippen LogP contribution in [0, 0.1) is 34.5 Å². The lowest BCUT2D eigenvalue weighted by atomic mass is 9.46. The van der Waals surface area contributed by atoms with E-state index in [-0.39, 0.29) is 28.6 Å². The van der Waals surface area contributed by atoms with Gasteiger partial charge in [0.05, 0.1) is 12.2 Å². The highest BCUT2D eigenvalue weighted by atomic mass is 16.3. The molecule has 0 bridgehead atoms. The number of ketones is 1. The Morgan fingerprint density at radius 2 is 1.96 bits per heavy atom. The van der Waals surface area contributed by atoms with Gasteiger partial charge in [0.2, 0.25) is 0 Å². The molecule has 0 heterocycles. The van der Waals surface area contributed by atoms with Crippen LogP contribution in [0.25, 0.3) is 0 Å². The van der Waals surface area contributed by atoms with Crippen LogP contribution in [-0.4, -0.2) is 28.2 Å². The normalized spacial score (nSPS) is 55.0. The van der Waals surface area contributed by atoms with Crippen molar-refractivity contribution in [3.63, 3.8) is 0 Å². The summed E-state index contributed by atoms with van der Waals surface area (Å²) in [5.74, 6) is 1.52. The highest BCUT2D eigenvalue weighted by molar-refractivity contribution is 6.01. The second-order valence-electron chi connectivity index (χ2n) is 8.92. The molecule has 0 radical (unpaired) electrons. The van der Waals surface area contributed by atoms with Gasteiger partial charge in [0.15, 0.2) is 5.78 Å². The molecule has 3 heteroatoms. The minimum atomic E-state index is -0.409. The Morgan fingerprint density at radius 3 is 2.70 bits per heavy atom. The minimum absolute atomic E-state index is 0.0780. The number of hydrogen-bond donors (Lipinski definition) is 2. The van der Waals surface area contributed by atoms with Gasteiger partial charge in [-0.1, -0.05) is 32.4 Å². The third-order valence-electron chi connectivity index (χ3n) is 7.76. The second kappa shape index (κ2) is 4.80. The molecule has 23 heavy (non-hydrogen) atoms. The number of carbonyl (C=O) groups is 1. The number of rotatable bonds is 0. The maximum Gasteiger partial charge on any atom is 0.178 e. The van der Waals surface area contributed by atoms with Crippen LogP contribution in [0.1, 0.15) is 46.5 Å². The van der Waals surface area contributed by atoms with E-state index in [1.165, 1.54) is 5.57 Å². The SMILES string of the molecule is C[C@H]1CC2C3CC[C@@H](O)C3(C)CC(O)[C@@H]2C2(C)C=CC(=O)C=C12. The molecule has 5 unspecified atom stereocenters. The Morgan fingerprint density at radius 1 is 1.22 bits per heavy atom. The number of allylic oxidation sites excluding steroid dienone is 4. The largest absolute Gasteiger partial charge is 0.393 e. The summed E-state index contributed by atoms with van der Waals surface area (Å²) in [5, 5.41) is 21.5. The zero-order valence-corrected chi connectivity index (χ0v) is 14.3. The molecule has 0 aromatic rings. The van der Waals surface area contributed by atoms with E-state index >= 15 is 0 Å². The third-order valence-corrected chi connectivity index (χ3v) is 7.76. The number of hydrogen-bond acceptors (Lipinski definition) is 3. The summed E-state index contributed by atoms with van der Waals surface area (Å²) in [7, 11) is 0. The molecule has 8 atom stereocenters. The molecule has 3 nitrogen and oxygen atoms in total. The lowest BCUT2D eigenvalue weighted by Gasteiger charge is -2.59. The van der Waals surface area contributed by atoms with E-state index in [1.807, 2.05) is 6.08 Å². The summed E-state index contributed by atoms with van der Waals surface area (Å²) in [6, 6.07) is 0. The summed E-state index contributed by atoms with van der Waals surface area (Å²) >= 11 is 0. The molecule has 126 valence electrons. The zero-order chi connectivity index (χ0) is 16.6. The van der Waals surface area contributed by atoms with Crippen LogP contribution in [0.3, 0.4) is 0 Å². The van der Waals surface area contributed by atoms with Crippen LogP contribution in [0.5, 0.6) is 0 Å². The van der Waals surface area contributed by atoms with Crippen molar-refractivity contribution in [3.8, 4) is 0 Å². The van der Waals surface area contributed by atoms with Gasteiger partial charge in [-0.15, -0.1) is 0 Å². The van der Waals surface area contributed by atoms with E-state index in [4.69, 9.17) is 0 Å². The van der Waals surface area contributed by atoms with Gasteiger partial charge in [0, 0.05) is 11.3 Å². The van der Waals surface area contributed by atoms with E-state index in [0.29, 0.717) is 24.2 Å². The van der Waals surface area contributed by atoms with Crippen molar-refractivity contribution >= 4 is 5.78 Å². The minimum Gasteiger partial charge on any atom is -0.393 e. The van der Waals surface area contributed by atoms with Crippen LogP contribution < -0.4 is 0 Å². The molecule has 4 aliphatic rings. The second-order valence-corrected chi connectivity index (χ2v) is 8.92. The van der Waals surface area contributed by atoms with Gasteiger partial charge in [-0.25, -0.2) is 0 Å². The summed E-state index contributed by atoms with van der Waals surface area (Å²) < 4.78 is 0. The molecule has 4 rings (SSSR count). The van der Waals surface area contributed by atoms with Crippen LogP contribution in [-0.2, 0) is 4.79 Å². The van der Waals surface area contributed by atoms with Crippen LogP contribution in [0.2, 0.25) is 0 Å². The number of aliphatic hydroxyl groups is 2. The maximum absolute atomic E-state index is 11.9. The molecule has 3 fully saturated rings. The molecule has 0 aromatic heterocycles. The van der Waals surface area contributed by atoms with Crippen molar-refractivity contribution < 1.29 is 15.0 Å². The molecule has 0 amide bonds. The summed E-state index contributed by atoms with van der Waals surface area (Å²) in [4.78, 5) is 11.9. The Bertz CT molecular complexity index is 606. The first-order valence-electron chi connectivity index (χ1n) is 9.09. The summed E-state index contributed by atoms with van der Waals surface area (Å²) in [6.45, 7) is 6.59. The van der Waals surface area contributed by atoms with Crippen molar-refractivity contribution in [2.24, 2.45) is 34.5 Å². The van der Waals surface area contributed by atoms with Gasteiger partial charge in [-0.2, -0.15) is 0 Å². The lowest BCUT2D eigenvalue weighted by molar-refractivity contribution is -0.134. The molecule has 0 aliphatic heterocycles. The summed E-state index contributed by atoms with van der Waals surface area (Å²) in [5.41, 5.74) is 0.837. The molecule has 0 spiro atoms. The van der Waals surface area contributed by atoms with Crippen LogP contribution in [0.15, 0.2) is 23.8 Å². The van der Waals surface area contributed by atoms with E-state index in [1.54, 1.807) is 6.08 Å². The van der Waals surface area contributed by atoms with Crippen LogP contribution >= 0.6 is 0 Å².